The Morgan fingerprint density at radius 3 is 2.41 bits per heavy atom. The van der Waals surface area contributed by atoms with Gasteiger partial charge in [0.15, 0.2) is 0 Å². The fourth-order valence-electron chi connectivity index (χ4n) is 2.56. The minimum absolute atomic E-state index is 0.180. The summed E-state index contributed by atoms with van der Waals surface area (Å²) in [5.74, 6) is -0.593. The Morgan fingerprint density at radius 1 is 0.955 bits per heavy atom. The molecule has 1 N–H and O–H groups in total. The summed E-state index contributed by atoms with van der Waals surface area (Å²) in [6, 6.07) is 18.9. The van der Waals surface area contributed by atoms with Crippen molar-refractivity contribution in [1.82, 2.24) is 0 Å². The summed E-state index contributed by atoms with van der Waals surface area (Å²) in [4.78, 5) is 11.2. The number of ether oxygens (including phenoxy) is 1. The first-order chi connectivity index (χ1) is 10.7. The summed E-state index contributed by atoms with van der Waals surface area (Å²) in [6.45, 7) is 2.41. The Hall–Kier alpha value is -2.81. The van der Waals surface area contributed by atoms with E-state index in [2.05, 4.69) is 25.1 Å². The average Bonchev–Trinajstić information content (AvgIpc) is 2.55. The fraction of sp³-hybridized carbons (Fsp3) is 0.105. The molecule has 0 saturated carbocycles. The SMILES string of the molecule is Cc1ccc(COc2ccccc2C(=O)O)c2ccccc12. The summed E-state index contributed by atoms with van der Waals surface area (Å²) in [7, 11) is 0. The molecule has 3 aromatic carbocycles. The Kier molecular flexibility index (Phi) is 3.79. The van der Waals surface area contributed by atoms with Gasteiger partial charge in [0.2, 0.25) is 0 Å². The molecule has 0 radical (unpaired) electrons. The van der Waals surface area contributed by atoms with Crippen LogP contribution in [0.4, 0.5) is 0 Å². The molecule has 0 unspecified atom stereocenters. The largest absolute Gasteiger partial charge is 0.488 e. The van der Waals surface area contributed by atoms with Gasteiger partial charge in [0.1, 0.15) is 17.9 Å². The summed E-state index contributed by atoms with van der Waals surface area (Å²) >= 11 is 0. The zero-order chi connectivity index (χ0) is 15.5. The van der Waals surface area contributed by atoms with E-state index in [1.807, 2.05) is 18.2 Å². The lowest BCUT2D eigenvalue weighted by Crippen LogP contribution is -2.03. The number of carbonyl (C=O) groups is 1. The van der Waals surface area contributed by atoms with Gasteiger partial charge in [0.25, 0.3) is 0 Å². The van der Waals surface area contributed by atoms with E-state index in [-0.39, 0.29) is 5.56 Å². The maximum absolute atomic E-state index is 11.2. The van der Waals surface area contributed by atoms with Crippen molar-refractivity contribution in [3.63, 3.8) is 0 Å². The van der Waals surface area contributed by atoms with E-state index in [1.165, 1.54) is 10.9 Å². The molecule has 0 aliphatic heterocycles. The third kappa shape index (κ3) is 2.66. The number of benzene rings is 3. The highest BCUT2D eigenvalue weighted by Crippen LogP contribution is 2.25. The Morgan fingerprint density at radius 2 is 1.64 bits per heavy atom. The zero-order valence-corrected chi connectivity index (χ0v) is 12.2. The number of fused-ring (bicyclic) bond motifs is 1. The highest BCUT2D eigenvalue weighted by Gasteiger charge is 2.11. The number of aromatic carboxylic acids is 1. The topological polar surface area (TPSA) is 46.5 Å². The number of aryl methyl sites for hydroxylation is 1. The molecule has 0 aliphatic carbocycles. The van der Waals surface area contributed by atoms with Crippen molar-refractivity contribution < 1.29 is 14.6 Å². The van der Waals surface area contributed by atoms with Gasteiger partial charge < -0.3 is 9.84 Å². The van der Waals surface area contributed by atoms with E-state index in [0.717, 1.165) is 10.9 Å². The lowest BCUT2D eigenvalue weighted by molar-refractivity contribution is 0.0692. The van der Waals surface area contributed by atoms with Gasteiger partial charge in [-0.15, -0.1) is 0 Å². The Bertz CT molecular complexity index is 837. The highest BCUT2D eigenvalue weighted by atomic mass is 16.5. The van der Waals surface area contributed by atoms with Crippen LogP contribution in [-0.4, -0.2) is 11.1 Å². The molecule has 0 amide bonds. The maximum Gasteiger partial charge on any atom is 0.339 e. The highest BCUT2D eigenvalue weighted by molar-refractivity contribution is 5.91. The smallest absolute Gasteiger partial charge is 0.339 e. The quantitative estimate of drug-likeness (QED) is 0.774. The molecule has 0 atom stereocenters. The lowest BCUT2D eigenvalue weighted by Gasteiger charge is -2.12. The summed E-state index contributed by atoms with van der Waals surface area (Å²) in [5, 5.41) is 11.5. The number of hydrogen-bond donors (Lipinski definition) is 1. The van der Waals surface area contributed by atoms with Crippen molar-refractivity contribution in [3.05, 3.63) is 77.4 Å². The predicted octanol–water partition coefficient (Wildman–Crippen LogP) is 4.43. The van der Waals surface area contributed by atoms with Crippen molar-refractivity contribution >= 4 is 16.7 Å². The van der Waals surface area contributed by atoms with Gasteiger partial charge in [-0.3, -0.25) is 0 Å². The second-order valence-corrected chi connectivity index (χ2v) is 5.18. The standard InChI is InChI=1S/C19H16O3/c1-13-10-11-14(16-7-3-2-6-15(13)16)12-22-18-9-5-4-8-17(18)19(20)21/h2-11H,12H2,1H3,(H,20,21). The maximum atomic E-state index is 11.2. The van der Waals surface area contributed by atoms with Crippen molar-refractivity contribution in [3.8, 4) is 5.75 Å². The number of para-hydroxylation sites is 1. The second-order valence-electron chi connectivity index (χ2n) is 5.18. The third-order valence-corrected chi connectivity index (χ3v) is 3.73. The molecule has 0 heterocycles. The van der Waals surface area contributed by atoms with Crippen LogP contribution in [-0.2, 0) is 6.61 Å². The lowest BCUT2D eigenvalue weighted by atomic mass is 10.0. The number of carboxylic acids is 1. The van der Waals surface area contributed by atoms with Crippen molar-refractivity contribution in [1.29, 1.82) is 0 Å². The Labute approximate surface area is 128 Å². The molecule has 3 nitrogen and oxygen atoms in total. The number of rotatable bonds is 4. The zero-order valence-electron chi connectivity index (χ0n) is 12.2. The first kappa shape index (κ1) is 14.1. The second kappa shape index (κ2) is 5.90. The van der Waals surface area contributed by atoms with Crippen LogP contribution in [0.1, 0.15) is 21.5 Å². The summed E-state index contributed by atoms with van der Waals surface area (Å²) in [5.41, 5.74) is 2.44. The molecule has 0 saturated heterocycles. The molecule has 0 spiro atoms. The van der Waals surface area contributed by atoms with E-state index in [0.29, 0.717) is 12.4 Å². The fourth-order valence-corrected chi connectivity index (χ4v) is 2.56. The van der Waals surface area contributed by atoms with Gasteiger partial charge in [-0.2, -0.15) is 0 Å². The first-order valence-electron chi connectivity index (χ1n) is 7.09. The summed E-state index contributed by atoms with van der Waals surface area (Å²) < 4.78 is 5.75. The van der Waals surface area contributed by atoms with E-state index in [1.54, 1.807) is 24.3 Å². The van der Waals surface area contributed by atoms with E-state index in [4.69, 9.17) is 4.74 Å². The van der Waals surface area contributed by atoms with Gasteiger partial charge in [-0.05, 0) is 41.0 Å². The van der Waals surface area contributed by atoms with E-state index >= 15 is 0 Å². The van der Waals surface area contributed by atoms with Crippen LogP contribution in [0, 0.1) is 6.92 Å². The molecule has 110 valence electrons. The molecule has 0 bridgehead atoms. The van der Waals surface area contributed by atoms with Gasteiger partial charge >= 0.3 is 5.97 Å². The molecular formula is C19H16O3. The number of hydrogen-bond acceptors (Lipinski definition) is 2. The van der Waals surface area contributed by atoms with Crippen molar-refractivity contribution in [2.75, 3.05) is 0 Å². The molecule has 3 heteroatoms. The molecular weight excluding hydrogens is 276 g/mol. The van der Waals surface area contributed by atoms with Crippen LogP contribution in [0.25, 0.3) is 10.8 Å². The van der Waals surface area contributed by atoms with Crippen LogP contribution < -0.4 is 4.74 Å². The molecule has 0 fully saturated rings. The number of carboxylic acid groups (broad SMARTS) is 1. The molecule has 22 heavy (non-hydrogen) atoms. The summed E-state index contributed by atoms with van der Waals surface area (Å²) in [6.07, 6.45) is 0. The van der Waals surface area contributed by atoms with Gasteiger partial charge in [0, 0.05) is 0 Å². The van der Waals surface area contributed by atoms with Crippen molar-refractivity contribution in [2.45, 2.75) is 13.5 Å². The van der Waals surface area contributed by atoms with Crippen LogP contribution >= 0.6 is 0 Å². The average molecular weight is 292 g/mol. The minimum atomic E-state index is -0.982. The van der Waals surface area contributed by atoms with Crippen LogP contribution in [0.2, 0.25) is 0 Å². The van der Waals surface area contributed by atoms with Gasteiger partial charge in [-0.1, -0.05) is 48.5 Å². The molecule has 0 aliphatic rings. The monoisotopic (exact) mass is 292 g/mol. The molecule has 0 aromatic heterocycles. The van der Waals surface area contributed by atoms with Gasteiger partial charge in [0.05, 0.1) is 0 Å². The van der Waals surface area contributed by atoms with Crippen LogP contribution in [0.5, 0.6) is 5.75 Å². The van der Waals surface area contributed by atoms with E-state index < -0.39 is 5.97 Å². The normalized spacial score (nSPS) is 10.6. The minimum Gasteiger partial charge on any atom is -0.488 e. The van der Waals surface area contributed by atoms with Crippen molar-refractivity contribution in [2.24, 2.45) is 0 Å². The Balaban J connectivity index is 1.92. The van der Waals surface area contributed by atoms with Crippen LogP contribution in [0.3, 0.4) is 0 Å². The predicted molar refractivity (Wildman–Crippen MR) is 86.4 cm³/mol. The third-order valence-electron chi connectivity index (χ3n) is 3.73. The molecule has 3 rings (SSSR count). The van der Waals surface area contributed by atoms with E-state index in [9.17, 15) is 9.90 Å². The van der Waals surface area contributed by atoms with Crippen LogP contribution in [0.15, 0.2) is 60.7 Å². The first-order valence-corrected chi connectivity index (χ1v) is 7.09. The molecule has 3 aromatic rings. The van der Waals surface area contributed by atoms with Gasteiger partial charge in [-0.25, -0.2) is 4.79 Å².